The Hall–Kier alpha value is 1.91. The molecule has 0 aliphatic carbocycles. The molecule has 0 aromatic rings. The fourth-order valence-corrected chi connectivity index (χ4v) is 0. The van der Waals surface area contributed by atoms with Crippen LogP contribution in [0, 0.1) is 0 Å². The van der Waals surface area contributed by atoms with Crippen molar-refractivity contribution < 1.29 is 19.5 Å². The molecule has 0 amide bonds. The summed E-state index contributed by atoms with van der Waals surface area (Å²) in [4.78, 5) is 0. The molecule has 4 heavy (non-hydrogen) atoms. The van der Waals surface area contributed by atoms with Gasteiger partial charge >= 0.3 is 0 Å². The molecular formula is H8Al2SiZn. The first-order chi connectivity index (χ1) is 0. The first kappa shape index (κ1) is 39.1. The first-order valence-electron chi connectivity index (χ1n) is 0. The van der Waals surface area contributed by atoms with Gasteiger partial charge in [0.2, 0.25) is 0 Å². The molecule has 0 aliphatic rings. The summed E-state index contributed by atoms with van der Waals surface area (Å²) in [6.45, 7) is 0. The van der Waals surface area contributed by atoms with Gasteiger partial charge in [-0.15, -0.1) is 0 Å². The molecule has 20 valence electrons. The van der Waals surface area contributed by atoms with Crippen LogP contribution in [0.2, 0.25) is 0 Å². The van der Waals surface area contributed by atoms with Gasteiger partial charge in [-0.3, -0.25) is 0 Å². The molecule has 2 radical (unpaired) electrons. The van der Waals surface area contributed by atoms with Crippen LogP contribution in [0.1, 0.15) is 0 Å². The van der Waals surface area contributed by atoms with Crippen LogP contribution in [0.4, 0.5) is 0 Å². The van der Waals surface area contributed by atoms with E-state index >= 15 is 0 Å². The first-order valence-corrected chi connectivity index (χ1v) is 0. The maximum absolute atomic E-state index is 0. The van der Waals surface area contributed by atoms with Gasteiger partial charge in [-0.2, -0.15) is 0 Å². The summed E-state index contributed by atoms with van der Waals surface area (Å²) in [5.41, 5.74) is 0. The molecule has 0 bridgehead atoms. The van der Waals surface area contributed by atoms with Crippen LogP contribution in [0.5, 0.6) is 0 Å². The van der Waals surface area contributed by atoms with E-state index in [1.54, 1.807) is 0 Å². The Labute approximate surface area is 64.8 Å². The third-order valence-electron chi connectivity index (χ3n) is 0. The quantitative estimate of drug-likeness (QED) is 0.322. The number of hydrogen-bond donors (Lipinski definition) is 0. The van der Waals surface area contributed by atoms with E-state index in [1.165, 1.54) is 0 Å². The van der Waals surface area contributed by atoms with Crippen LogP contribution in [-0.2, 0) is 19.5 Å². The van der Waals surface area contributed by atoms with E-state index in [0.29, 0.717) is 0 Å². The summed E-state index contributed by atoms with van der Waals surface area (Å²) in [6, 6.07) is 0. The fraction of sp³-hybridized carbons (Fsp3) is 0. The van der Waals surface area contributed by atoms with Crippen LogP contribution in [-0.4, -0.2) is 45.7 Å². The van der Waals surface area contributed by atoms with Crippen molar-refractivity contribution in [3.05, 3.63) is 0 Å². The second-order valence-electron chi connectivity index (χ2n) is 0. The molecule has 0 saturated carbocycles. The summed E-state index contributed by atoms with van der Waals surface area (Å²) in [5.74, 6) is 0. The Kier molecular flexibility index (Phi) is 202. The van der Waals surface area contributed by atoms with Crippen molar-refractivity contribution in [3.8, 4) is 0 Å². The standard InChI is InChI=1S/2Al.H3Si.Zn.5H/h;;1H3;;;;;;. The average molecular weight is 156 g/mol. The van der Waals surface area contributed by atoms with Gasteiger partial charge in [-0.05, 0) is 11.0 Å². The zero-order valence-corrected chi connectivity index (χ0v) is 9.67. The Morgan fingerprint density at radius 3 is 1.00 bits per heavy atom. The van der Waals surface area contributed by atoms with E-state index in [-0.39, 0.29) is 65.2 Å². The summed E-state index contributed by atoms with van der Waals surface area (Å²) in [5, 5.41) is 0. The van der Waals surface area contributed by atoms with Gasteiger partial charge in [0.05, 0.1) is 0 Å². The molecule has 0 N–H and O–H groups in total. The maximum atomic E-state index is 0. The Bertz CT molecular complexity index is 6.00. The SMILES string of the molecule is [AlH2].[AlH3].[SiH3].[Zn]. The summed E-state index contributed by atoms with van der Waals surface area (Å²) in [6.07, 6.45) is 0. The van der Waals surface area contributed by atoms with Crippen molar-refractivity contribution in [2.45, 2.75) is 0 Å². The monoisotopic (exact) mass is 154 g/mol. The van der Waals surface area contributed by atoms with Crippen molar-refractivity contribution in [3.63, 3.8) is 0 Å². The van der Waals surface area contributed by atoms with Crippen LogP contribution >= 0.6 is 0 Å². The molecule has 0 atom stereocenters. The average Bonchev–Trinajstić information content (AvgIpc) is 0. The van der Waals surface area contributed by atoms with Crippen LogP contribution < -0.4 is 0 Å². The number of rotatable bonds is 0. The van der Waals surface area contributed by atoms with Gasteiger partial charge in [-0.1, -0.05) is 0 Å². The van der Waals surface area contributed by atoms with E-state index in [1.807, 2.05) is 0 Å². The van der Waals surface area contributed by atoms with Crippen LogP contribution in [0.3, 0.4) is 0 Å². The second kappa shape index (κ2) is 20.6. The van der Waals surface area contributed by atoms with Crippen molar-refractivity contribution in [1.82, 2.24) is 0 Å². The third-order valence-corrected chi connectivity index (χ3v) is 0. The summed E-state index contributed by atoms with van der Waals surface area (Å²) in [7, 11) is 0. The summed E-state index contributed by atoms with van der Waals surface area (Å²) >= 11 is 0. The molecule has 0 aromatic heterocycles. The Morgan fingerprint density at radius 1 is 1.00 bits per heavy atom. The minimum Gasteiger partial charge on any atom is -0.0125 e. The molecule has 0 unspecified atom stereocenters. The van der Waals surface area contributed by atoms with Gasteiger partial charge in [0, 0.05) is 19.5 Å². The number of hydrogen-bond acceptors (Lipinski definition) is 0. The van der Waals surface area contributed by atoms with Crippen molar-refractivity contribution in [1.29, 1.82) is 0 Å². The molecule has 0 rings (SSSR count). The van der Waals surface area contributed by atoms with E-state index < -0.39 is 0 Å². The molecule has 4 heteroatoms. The molecule has 0 saturated heterocycles. The molecule has 0 nitrogen and oxygen atoms in total. The molecule has 0 fully saturated rings. The Morgan fingerprint density at radius 2 is 1.00 bits per heavy atom. The van der Waals surface area contributed by atoms with E-state index in [9.17, 15) is 0 Å². The molecule has 0 spiro atoms. The van der Waals surface area contributed by atoms with Crippen LogP contribution in [0.25, 0.3) is 0 Å². The maximum Gasteiger partial charge on any atom is 0.187 e. The van der Waals surface area contributed by atoms with Crippen molar-refractivity contribution >= 4 is 45.7 Å². The predicted octanol–water partition coefficient (Wildman–Crippen LogP) is -3.29. The van der Waals surface area contributed by atoms with Gasteiger partial charge in [0.1, 0.15) is 17.4 Å². The van der Waals surface area contributed by atoms with Crippen molar-refractivity contribution in [2.24, 2.45) is 0 Å². The fourth-order valence-electron chi connectivity index (χ4n) is 0. The van der Waals surface area contributed by atoms with Crippen molar-refractivity contribution in [2.75, 3.05) is 0 Å². The van der Waals surface area contributed by atoms with Crippen LogP contribution in [0.15, 0.2) is 0 Å². The zero-order chi connectivity index (χ0) is 0. The minimum absolute atomic E-state index is 0. The Balaban J connectivity index is 0. The molecule has 0 aromatic carbocycles. The third kappa shape index (κ3) is 9.08. The van der Waals surface area contributed by atoms with Gasteiger partial charge in [0.25, 0.3) is 0 Å². The van der Waals surface area contributed by atoms with Gasteiger partial charge in [-0.25, -0.2) is 0 Å². The molecule has 0 aliphatic heterocycles. The van der Waals surface area contributed by atoms with E-state index in [2.05, 4.69) is 0 Å². The topological polar surface area (TPSA) is 0 Å². The molecular weight excluding hydrogens is 147 g/mol. The minimum atomic E-state index is 0. The normalized spacial score (nSPS) is 0. The zero-order valence-electron chi connectivity index (χ0n) is 2.71. The molecule has 0 heterocycles. The van der Waals surface area contributed by atoms with E-state index in [0.717, 1.165) is 0 Å². The van der Waals surface area contributed by atoms with Gasteiger partial charge < -0.3 is 0 Å². The summed E-state index contributed by atoms with van der Waals surface area (Å²) < 4.78 is 0. The largest absolute Gasteiger partial charge is 0.187 e. The second-order valence-corrected chi connectivity index (χ2v) is 0. The van der Waals surface area contributed by atoms with E-state index in [4.69, 9.17) is 0 Å². The van der Waals surface area contributed by atoms with Gasteiger partial charge in [0.15, 0.2) is 17.4 Å². The predicted molar refractivity (Wildman–Crippen MR) is 28.4 cm³/mol. The smallest absolute Gasteiger partial charge is 0.0125 e.